The second kappa shape index (κ2) is 13.3. The number of carbonyl (C=O) groups excluding carboxylic acids is 1. The minimum atomic E-state index is -1.05. The summed E-state index contributed by atoms with van der Waals surface area (Å²) in [5, 5.41) is 23.7. The van der Waals surface area contributed by atoms with Gasteiger partial charge in [0, 0.05) is 24.2 Å². The Balaban J connectivity index is 1.65. The van der Waals surface area contributed by atoms with E-state index in [4.69, 9.17) is 9.47 Å². The first-order valence-corrected chi connectivity index (χ1v) is 13.1. The van der Waals surface area contributed by atoms with Crippen LogP contribution < -0.4 is 14.8 Å². The number of carboxylic acid groups (broad SMARTS) is 1. The fourth-order valence-corrected chi connectivity index (χ4v) is 4.65. The predicted molar refractivity (Wildman–Crippen MR) is 143 cm³/mol. The monoisotopic (exact) mass is 512 g/mol. The second-order valence-electron chi connectivity index (χ2n) is 10.3. The van der Waals surface area contributed by atoms with Crippen molar-refractivity contribution in [2.45, 2.75) is 84.3 Å². The number of nitrogens with zero attached hydrogens (tertiary/aromatic N) is 1. The van der Waals surface area contributed by atoms with Crippen molar-refractivity contribution in [3.8, 4) is 11.5 Å². The predicted octanol–water partition coefficient (Wildman–Crippen LogP) is 4.71. The molecule has 0 spiro atoms. The van der Waals surface area contributed by atoms with Crippen molar-refractivity contribution in [1.82, 2.24) is 4.90 Å². The Morgan fingerprint density at radius 2 is 1.59 bits per heavy atom. The van der Waals surface area contributed by atoms with Gasteiger partial charge in [0.05, 0.1) is 24.4 Å². The molecule has 202 valence electrons. The Morgan fingerprint density at radius 3 is 2.24 bits per heavy atom. The van der Waals surface area contributed by atoms with E-state index in [1.165, 1.54) is 4.90 Å². The van der Waals surface area contributed by atoms with E-state index in [1.54, 1.807) is 0 Å². The number of aliphatic hydroxyl groups excluding tert-OH is 1. The fourth-order valence-electron chi connectivity index (χ4n) is 4.65. The van der Waals surface area contributed by atoms with E-state index in [-0.39, 0.29) is 43.2 Å². The van der Waals surface area contributed by atoms with E-state index in [9.17, 15) is 19.8 Å². The third-order valence-electron chi connectivity index (χ3n) is 6.31. The summed E-state index contributed by atoms with van der Waals surface area (Å²) in [6.07, 6.45) is 1.61. The molecule has 0 unspecified atom stereocenters. The lowest BCUT2D eigenvalue weighted by atomic mass is 9.98. The molecular formula is C29H40N2O6. The number of rotatable bonds is 11. The number of benzene rings is 2. The molecule has 1 saturated carbocycles. The Kier molecular flexibility index (Phi) is 10.2. The van der Waals surface area contributed by atoms with Gasteiger partial charge >= 0.3 is 5.97 Å². The van der Waals surface area contributed by atoms with Crippen LogP contribution in [0.1, 0.15) is 58.9 Å². The zero-order chi connectivity index (χ0) is 26.9. The summed E-state index contributed by atoms with van der Waals surface area (Å²) in [4.78, 5) is 26.4. The van der Waals surface area contributed by atoms with Gasteiger partial charge in [0.25, 0.3) is 0 Å². The van der Waals surface area contributed by atoms with Crippen LogP contribution in [0.25, 0.3) is 0 Å². The van der Waals surface area contributed by atoms with Gasteiger partial charge in [-0.05, 0) is 83.2 Å². The lowest BCUT2D eigenvalue weighted by Crippen LogP contribution is -2.39. The summed E-state index contributed by atoms with van der Waals surface area (Å²) >= 11 is 0. The number of aliphatic carboxylic acids is 1. The van der Waals surface area contributed by atoms with Gasteiger partial charge in [0.1, 0.15) is 18.0 Å². The lowest BCUT2D eigenvalue weighted by molar-refractivity contribution is -0.147. The largest absolute Gasteiger partial charge is 0.491 e. The molecule has 1 aliphatic rings. The lowest BCUT2D eigenvalue weighted by Gasteiger charge is -2.26. The summed E-state index contributed by atoms with van der Waals surface area (Å²) in [6.45, 7) is 7.67. The molecule has 8 heteroatoms. The Labute approximate surface area is 219 Å². The maximum absolute atomic E-state index is 13.4. The van der Waals surface area contributed by atoms with Crippen LogP contribution in [0.15, 0.2) is 48.5 Å². The van der Waals surface area contributed by atoms with Crippen molar-refractivity contribution in [3.05, 3.63) is 54.1 Å². The van der Waals surface area contributed by atoms with E-state index >= 15 is 0 Å². The number of aliphatic hydroxyl groups is 1. The van der Waals surface area contributed by atoms with E-state index < -0.39 is 12.1 Å². The van der Waals surface area contributed by atoms with Gasteiger partial charge in [-0.15, -0.1) is 0 Å². The average Bonchev–Trinajstić information content (AvgIpc) is 3.00. The van der Waals surface area contributed by atoms with Crippen molar-refractivity contribution in [1.29, 1.82) is 0 Å². The third-order valence-corrected chi connectivity index (χ3v) is 6.31. The molecule has 3 atom stereocenters. The molecule has 0 aliphatic heterocycles. The minimum absolute atomic E-state index is 0.0529. The second-order valence-corrected chi connectivity index (χ2v) is 10.3. The van der Waals surface area contributed by atoms with Crippen LogP contribution in [0.2, 0.25) is 0 Å². The molecule has 3 rings (SSSR count). The standard InChI is InChI=1S/C29H40N2O6/c1-19(2)36-24-12-8-21(9-13-24)17-31(18-28(33)34)29(35)22-10-14-26(27(32)15-11-22)30-23-6-5-7-25(16-23)37-20(3)4/h5-9,12-13,16,19-20,22,26-27,30,32H,10-11,14-15,17-18H2,1-4H3,(H,33,34)/t22-,26+,27+/m1/s1. The van der Waals surface area contributed by atoms with Gasteiger partial charge in [0.15, 0.2) is 0 Å². The highest BCUT2D eigenvalue weighted by Crippen LogP contribution is 2.29. The van der Waals surface area contributed by atoms with Gasteiger partial charge in [0.2, 0.25) is 5.91 Å². The van der Waals surface area contributed by atoms with Crippen LogP contribution in [0, 0.1) is 5.92 Å². The molecule has 1 fully saturated rings. The van der Waals surface area contributed by atoms with E-state index in [0.717, 1.165) is 22.7 Å². The average molecular weight is 513 g/mol. The van der Waals surface area contributed by atoms with Crippen molar-refractivity contribution in [2.24, 2.45) is 5.92 Å². The molecule has 0 heterocycles. The SMILES string of the molecule is CC(C)Oc1ccc(CN(CC(=O)O)C(=O)[C@@H]2CC[C@H](Nc3cccc(OC(C)C)c3)[C@@H](O)CC2)cc1. The molecule has 0 radical (unpaired) electrons. The van der Waals surface area contributed by atoms with Crippen LogP contribution >= 0.6 is 0 Å². The molecule has 0 bridgehead atoms. The normalized spacial score (nSPS) is 19.8. The van der Waals surface area contributed by atoms with Crippen LogP contribution in [0.3, 0.4) is 0 Å². The molecule has 1 aliphatic carbocycles. The molecule has 2 aromatic rings. The molecular weight excluding hydrogens is 472 g/mol. The summed E-state index contributed by atoms with van der Waals surface area (Å²) in [5.74, 6) is -0.105. The van der Waals surface area contributed by atoms with Gasteiger partial charge in [-0.25, -0.2) is 0 Å². The molecule has 8 nitrogen and oxygen atoms in total. The van der Waals surface area contributed by atoms with Crippen molar-refractivity contribution in [3.63, 3.8) is 0 Å². The maximum atomic E-state index is 13.4. The van der Waals surface area contributed by atoms with Crippen molar-refractivity contribution in [2.75, 3.05) is 11.9 Å². The minimum Gasteiger partial charge on any atom is -0.491 e. The van der Waals surface area contributed by atoms with Gasteiger partial charge < -0.3 is 29.9 Å². The molecule has 0 saturated heterocycles. The number of hydrogen-bond donors (Lipinski definition) is 3. The Morgan fingerprint density at radius 1 is 0.946 bits per heavy atom. The number of carboxylic acids is 1. The quantitative estimate of drug-likeness (QED) is 0.374. The fraction of sp³-hybridized carbons (Fsp3) is 0.517. The number of amides is 1. The molecule has 3 N–H and O–H groups in total. The van der Waals surface area contributed by atoms with Crippen LogP contribution in [0.4, 0.5) is 5.69 Å². The van der Waals surface area contributed by atoms with Crippen LogP contribution in [-0.2, 0) is 16.1 Å². The summed E-state index contributed by atoms with van der Waals surface area (Å²) in [6, 6.07) is 14.8. The summed E-state index contributed by atoms with van der Waals surface area (Å²) in [5.41, 5.74) is 1.69. The van der Waals surface area contributed by atoms with Gasteiger partial charge in [-0.3, -0.25) is 9.59 Å². The summed E-state index contributed by atoms with van der Waals surface area (Å²) in [7, 11) is 0. The number of nitrogens with one attached hydrogen (secondary N) is 1. The van der Waals surface area contributed by atoms with Crippen LogP contribution in [-0.4, -0.2) is 57.9 Å². The van der Waals surface area contributed by atoms with Gasteiger partial charge in [-0.1, -0.05) is 18.2 Å². The maximum Gasteiger partial charge on any atom is 0.323 e. The highest BCUT2D eigenvalue weighted by molar-refractivity contribution is 5.83. The van der Waals surface area contributed by atoms with Gasteiger partial charge in [-0.2, -0.15) is 0 Å². The highest BCUT2D eigenvalue weighted by atomic mass is 16.5. The first-order chi connectivity index (χ1) is 17.6. The summed E-state index contributed by atoms with van der Waals surface area (Å²) < 4.78 is 11.4. The molecule has 0 aromatic heterocycles. The molecule has 2 aromatic carbocycles. The Hall–Kier alpha value is -3.26. The molecule has 37 heavy (non-hydrogen) atoms. The van der Waals surface area contributed by atoms with E-state index in [0.29, 0.717) is 25.7 Å². The van der Waals surface area contributed by atoms with E-state index in [1.807, 2.05) is 76.2 Å². The molecule has 1 amide bonds. The number of hydrogen-bond acceptors (Lipinski definition) is 6. The number of carbonyl (C=O) groups is 2. The Bertz CT molecular complexity index is 1020. The van der Waals surface area contributed by atoms with Crippen LogP contribution in [0.5, 0.6) is 11.5 Å². The van der Waals surface area contributed by atoms with E-state index in [2.05, 4.69) is 5.32 Å². The topological polar surface area (TPSA) is 108 Å². The first kappa shape index (κ1) is 28.3. The van der Waals surface area contributed by atoms with Crippen molar-refractivity contribution >= 4 is 17.6 Å². The number of ether oxygens (including phenoxy) is 2. The zero-order valence-electron chi connectivity index (χ0n) is 22.2. The number of anilines is 1. The highest BCUT2D eigenvalue weighted by Gasteiger charge is 2.32. The first-order valence-electron chi connectivity index (χ1n) is 13.1. The smallest absolute Gasteiger partial charge is 0.323 e. The zero-order valence-corrected chi connectivity index (χ0v) is 22.2. The van der Waals surface area contributed by atoms with Crippen molar-refractivity contribution < 1.29 is 29.3 Å². The third kappa shape index (κ3) is 8.97.